The predicted molar refractivity (Wildman–Crippen MR) is 98.1 cm³/mol. The number of nitrogens with one attached hydrogen (secondary N) is 1. The molecule has 3 aliphatic rings. The van der Waals surface area contributed by atoms with E-state index in [0.717, 1.165) is 56.3 Å². The molecule has 0 amide bonds. The second-order valence-corrected chi connectivity index (χ2v) is 7.82. The highest BCUT2D eigenvalue weighted by atomic mass is 16.3. The van der Waals surface area contributed by atoms with Gasteiger partial charge >= 0.3 is 0 Å². The SMILES string of the molecule is C=CCNC1C2CN(C3CCCC3C(=O)C(O)c3ccccc3)CC21. The lowest BCUT2D eigenvalue weighted by atomic mass is 9.90. The van der Waals surface area contributed by atoms with Crippen molar-refractivity contribution in [1.82, 2.24) is 10.2 Å². The summed E-state index contributed by atoms with van der Waals surface area (Å²) >= 11 is 0. The molecule has 4 heteroatoms. The van der Waals surface area contributed by atoms with Crippen molar-refractivity contribution in [2.24, 2.45) is 17.8 Å². The Kier molecular flexibility index (Phi) is 4.76. The van der Waals surface area contributed by atoms with Gasteiger partial charge in [0.25, 0.3) is 0 Å². The minimum atomic E-state index is -0.981. The number of hydrogen-bond acceptors (Lipinski definition) is 4. The standard InChI is InChI=1S/C21H28N2O2/c1-2-11-22-19-16-12-23(13-17(16)19)18-10-6-9-15(18)21(25)20(24)14-7-4-3-5-8-14/h2-5,7-8,15-20,22,24H,1,6,9-13H2. The third kappa shape index (κ3) is 3.19. The molecule has 2 saturated carbocycles. The Bertz CT molecular complexity index is 620. The van der Waals surface area contributed by atoms with Gasteiger partial charge in [0.15, 0.2) is 5.78 Å². The van der Waals surface area contributed by atoms with Crippen molar-refractivity contribution in [3.8, 4) is 0 Å². The van der Waals surface area contributed by atoms with Gasteiger partial charge in [-0.2, -0.15) is 0 Å². The number of nitrogens with zero attached hydrogens (tertiary/aromatic N) is 1. The number of carbonyl (C=O) groups excluding carboxylic acids is 1. The van der Waals surface area contributed by atoms with E-state index in [0.29, 0.717) is 12.1 Å². The van der Waals surface area contributed by atoms with E-state index in [4.69, 9.17) is 0 Å². The summed E-state index contributed by atoms with van der Waals surface area (Å²) in [4.78, 5) is 15.4. The lowest BCUT2D eigenvalue weighted by Gasteiger charge is -2.31. The van der Waals surface area contributed by atoms with Crippen LogP contribution in [-0.4, -0.2) is 47.5 Å². The van der Waals surface area contributed by atoms with Crippen molar-refractivity contribution >= 4 is 5.78 Å². The lowest BCUT2D eigenvalue weighted by molar-refractivity contribution is -0.133. The first-order chi connectivity index (χ1) is 12.2. The normalized spacial score (nSPS) is 35.3. The molecule has 1 saturated heterocycles. The number of hydrogen-bond donors (Lipinski definition) is 2. The number of piperidine rings is 1. The fraction of sp³-hybridized carbons (Fsp3) is 0.571. The average molecular weight is 340 g/mol. The molecular weight excluding hydrogens is 312 g/mol. The van der Waals surface area contributed by atoms with E-state index < -0.39 is 6.10 Å². The highest BCUT2D eigenvalue weighted by Crippen LogP contribution is 2.48. The fourth-order valence-corrected chi connectivity index (χ4v) is 5.06. The van der Waals surface area contributed by atoms with Crippen LogP contribution in [0.3, 0.4) is 0 Å². The zero-order chi connectivity index (χ0) is 17.4. The van der Waals surface area contributed by atoms with Crippen LogP contribution in [0.15, 0.2) is 43.0 Å². The summed E-state index contributed by atoms with van der Waals surface area (Å²) in [5.74, 6) is 1.45. The molecule has 2 aliphatic carbocycles. The number of fused-ring (bicyclic) bond motifs is 1. The van der Waals surface area contributed by atoms with Crippen molar-refractivity contribution in [3.63, 3.8) is 0 Å². The van der Waals surface area contributed by atoms with Crippen LogP contribution in [0.2, 0.25) is 0 Å². The molecule has 5 unspecified atom stereocenters. The van der Waals surface area contributed by atoms with E-state index in [2.05, 4.69) is 16.8 Å². The summed E-state index contributed by atoms with van der Waals surface area (Å²) in [6, 6.07) is 10.3. The Balaban J connectivity index is 1.37. The largest absolute Gasteiger partial charge is 0.381 e. The van der Waals surface area contributed by atoms with Gasteiger partial charge in [0, 0.05) is 37.6 Å². The molecule has 134 valence electrons. The quantitative estimate of drug-likeness (QED) is 0.747. The number of likely N-dealkylation sites (tertiary alicyclic amines) is 1. The van der Waals surface area contributed by atoms with E-state index in [-0.39, 0.29) is 11.7 Å². The number of aliphatic hydroxyl groups is 1. The third-order valence-corrected chi connectivity index (χ3v) is 6.42. The Morgan fingerprint density at radius 3 is 2.68 bits per heavy atom. The van der Waals surface area contributed by atoms with Crippen LogP contribution in [-0.2, 0) is 4.79 Å². The molecule has 2 N–H and O–H groups in total. The monoisotopic (exact) mass is 340 g/mol. The molecule has 0 radical (unpaired) electrons. The summed E-state index contributed by atoms with van der Waals surface area (Å²) < 4.78 is 0. The van der Waals surface area contributed by atoms with Crippen LogP contribution in [0, 0.1) is 17.8 Å². The smallest absolute Gasteiger partial charge is 0.170 e. The van der Waals surface area contributed by atoms with Gasteiger partial charge in [0.05, 0.1) is 0 Å². The zero-order valence-corrected chi connectivity index (χ0v) is 14.7. The molecule has 4 rings (SSSR count). The van der Waals surface area contributed by atoms with Gasteiger partial charge < -0.3 is 10.4 Å². The molecule has 1 aromatic rings. The Morgan fingerprint density at radius 2 is 2.00 bits per heavy atom. The number of Topliss-reactive ketones (excluding diaryl/α,β-unsaturated/α-hetero) is 1. The van der Waals surface area contributed by atoms with Crippen molar-refractivity contribution in [3.05, 3.63) is 48.6 Å². The Labute approximate surface area is 149 Å². The molecule has 5 atom stereocenters. The number of aliphatic hydroxyl groups excluding tert-OH is 1. The molecule has 3 fully saturated rings. The van der Waals surface area contributed by atoms with Gasteiger partial charge in [-0.25, -0.2) is 0 Å². The first-order valence-electron chi connectivity index (χ1n) is 9.55. The molecule has 1 aliphatic heterocycles. The predicted octanol–water partition coefficient (Wildman–Crippen LogP) is 2.16. The van der Waals surface area contributed by atoms with E-state index in [1.165, 1.54) is 0 Å². The van der Waals surface area contributed by atoms with Gasteiger partial charge in [-0.1, -0.05) is 42.8 Å². The van der Waals surface area contributed by atoms with E-state index in [9.17, 15) is 9.90 Å². The zero-order valence-electron chi connectivity index (χ0n) is 14.7. The highest BCUT2D eigenvalue weighted by Gasteiger charge is 2.57. The van der Waals surface area contributed by atoms with Crippen molar-refractivity contribution in [2.45, 2.75) is 37.5 Å². The minimum absolute atomic E-state index is 0.00982. The van der Waals surface area contributed by atoms with Crippen LogP contribution >= 0.6 is 0 Å². The second kappa shape index (κ2) is 7.02. The van der Waals surface area contributed by atoms with Crippen LogP contribution < -0.4 is 5.32 Å². The number of rotatable bonds is 7. The van der Waals surface area contributed by atoms with Crippen molar-refractivity contribution in [1.29, 1.82) is 0 Å². The number of ketones is 1. The van der Waals surface area contributed by atoms with Crippen molar-refractivity contribution in [2.75, 3.05) is 19.6 Å². The minimum Gasteiger partial charge on any atom is -0.381 e. The molecule has 0 aromatic heterocycles. The Hall–Kier alpha value is -1.49. The number of carbonyl (C=O) groups is 1. The summed E-state index contributed by atoms with van der Waals surface area (Å²) in [5, 5.41) is 14.1. The van der Waals surface area contributed by atoms with Crippen LogP contribution in [0.4, 0.5) is 0 Å². The second-order valence-electron chi connectivity index (χ2n) is 7.82. The van der Waals surface area contributed by atoms with E-state index in [1.54, 1.807) is 0 Å². The molecule has 1 heterocycles. The summed E-state index contributed by atoms with van der Waals surface area (Å²) in [5.41, 5.74) is 0.719. The van der Waals surface area contributed by atoms with Gasteiger partial charge in [0.1, 0.15) is 6.10 Å². The summed E-state index contributed by atoms with van der Waals surface area (Å²) in [7, 11) is 0. The van der Waals surface area contributed by atoms with E-state index in [1.807, 2.05) is 36.4 Å². The van der Waals surface area contributed by atoms with Gasteiger partial charge in [-0.3, -0.25) is 9.69 Å². The van der Waals surface area contributed by atoms with Crippen LogP contribution in [0.25, 0.3) is 0 Å². The molecular formula is C21H28N2O2. The summed E-state index contributed by atoms with van der Waals surface area (Å²) in [6.07, 6.45) is 4.03. The Morgan fingerprint density at radius 1 is 1.28 bits per heavy atom. The average Bonchev–Trinajstić information content (AvgIpc) is 3.04. The number of benzene rings is 1. The fourth-order valence-electron chi connectivity index (χ4n) is 5.06. The van der Waals surface area contributed by atoms with Crippen LogP contribution in [0.1, 0.15) is 30.9 Å². The maximum Gasteiger partial charge on any atom is 0.170 e. The van der Waals surface area contributed by atoms with Gasteiger partial charge in [-0.05, 0) is 30.2 Å². The lowest BCUT2D eigenvalue weighted by Crippen LogP contribution is -2.43. The van der Waals surface area contributed by atoms with Crippen LogP contribution in [0.5, 0.6) is 0 Å². The molecule has 0 bridgehead atoms. The topological polar surface area (TPSA) is 52.6 Å². The molecule has 0 spiro atoms. The highest BCUT2D eigenvalue weighted by molar-refractivity contribution is 5.87. The maximum atomic E-state index is 12.9. The van der Waals surface area contributed by atoms with E-state index >= 15 is 0 Å². The third-order valence-electron chi connectivity index (χ3n) is 6.42. The summed E-state index contributed by atoms with van der Waals surface area (Å²) in [6.45, 7) is 6.83. The molecule has 1 aromatic carbocycles. The molecule has 4 nitrogen and oxygen atoms in total. The first-order valence-corrected chi connectivity index (χ1v) is 9.55. The maximum absolute atomic E-state index is 12.9. The molecule has 25 heavy (non-hydrogen) atoms. The van der Waals surface area contributed by atoms with Gasteiger partial charge in [-0.15, -0.1) is 6.58 Å². The van der Waals surface area contributed by atoms with Crippen molar-refractivity contribution < 1.29 is 9.90 Å². The van der Waals surface area contributed by atoms with Gasteiger partial charge in [0.2, 0.25) is 0 Å². The first kappa shape index (κ1) is 17.0.